The van der Waals surface area contributed by atoms with E-state index in [1.54, 1.807) is 17.8 Å². The lowest BCUT2D eigenvalue weighted by Gasteiger charge is -2.04. The van der Waals surface area contributed by atoms with Gasteiger partial charge in [0.15, 0.2) is 0 Å². The monoisotopic (exact) mass is 281 g/mol. The Kier molecular flexibility index (Phi) is 4.64. The van der Waals surface area contributed by atoms with E-state index in [0.29, 0.717) is 6.54 Å². The molecule has 0 bridgehead atoms. The fraction of sp³-hybridized carbons (Fsp3) is 0.143. The van der Waals surface area contributed by atoms with Crippen LogP contribution in [0.5, 0.6) is 0 Å². The lowest BCUT2D eigenvalue weighted by molar-refractivity contribution is 0.627. The Hall–Kier alpha value is -1.03. The van der Waals surface area contributed by atoms with E-state index >= 15 is 0 Å². The molecule has 0 spiro atoms. The van der Waals surface area contributed by atoms with E-state index in [9.17, 15) is 4.39 Å². The van der Waals surface area contributed by atoms with Crippen LogP contribution in [0.3, 0.4) is 0 Å². The van der Waals surface area contributed by atoms with Gasteiger partial charge in [-0.15, -0.1) is 11.8 Å². The molecule has 2 aromatic carbocycles. The second-order valence-electron chi connectivity index (χ2n) is 3.89. The highest BCUT2D eigenvalue weighted by Gasteiger charge is 2.02. The number of benzene rings is 2. The highest BCUT2D eigenvalue weighted by molar-refractivity contribution is 7.98. The Morgan fingerprint density at radius 2 is 1.72 bits per heavy atom. The molecule has 0 atom stereocenters. The largest absolute Gasteiger partial charge is 0.326 e. The maximum atomic E-state index is 13.2. The van der Waals surface area contributed by atoms with Gasteiger partial charge < -0.3 is 5.73 Å². The standard InChI is InChI=1S/C14H13ClFNS/c15-13-6-3-11(7-14(13)16)9-18-12-4-1-10(8-17)2-5-12/h1-7H,8-9,17H2. The maximum Gasteiger partial charge on any atom is 0.142 e. The van der Waals surface area contributed by atoms with E-state index in [1.807, 2.05) is 30.3 Å². The number of halogens is 2. The van der Waals surface area contributed by atoms with Gasteiger partial charge in [-0.2, -0.15) is 0 Å². The predicted molar refractivity (Wildman–Crippen MR) is 75.3 cm³/mol. The molecule has 94 valence electrons. The van der Waals surface area contributed by atoms with Crippen molar-refractivity contribution in [2.75, 3.05) is 0 Å². The van der Waals surface area contributed by atoms with E-state index < -0.39 is 0 Å². The number of hydrogen-bond donors (Lipinski definition) is 1. The van der Waals surface area contributed by atoms with Crippen molar-refractivity contribution in [2.24, 2.45) is 5.73 Å². The first-order chi connectivity index (χ1) is 8.69. The number of nitrogens with two attached hydrogens (primary N) is 1. The van der Waals surface area contributed by atoms with Crippen LogP contribution >= 0.6 is 23.4 Å². The lowest BCUT2D eigenvalue weighted by atomic mass is 10.2. The van der Waals surface area contributed by atoms with Crippen molar-refractivity contribution >= 4 is 23.4 Å². The van der Waals surface area contributed by atoms with Gasteiger partial charge in [0, 0.05) is 17.2 Å². The molecule has 0 saturated heterocycles. The molecule has 4 heteroatoms. The lowest BCUT2D eigenvalue weighted by Crippen LogP contribution is -1.94. The van der Waals surface area contributed by atoms with Gasteiger partial charge in [0.25, 0.3) is 0 Å². The molecule has 0 aliphatic heterocycles. The molecule has 1 nitrogen and oxygen atoms in total. The number of hydrogen-bond acceptors (Lipinski definition) is 2. The third-order valence-electron chi connectivity index (χ3n) is 2.55. The van der Waals surface area contributed by atoms with Crippen LogP contribution in [-0.2, 0) is 12.3 Å². The van der Waals surface area contributed by atoms with Gasteiger partial charge in [0.1, 0.15) is 5.82 Å². The molecule has 0 saturated carbocycles. The molecule has 2 rings (SSSR count). The molecule has 0 amide bonds. The third-order valence-corrected chi connectivity index (χ3v) is 3.94. The summed E-state index contributed by atoms with van der Waals surface area (Å²) in [5.41, 5.74) is 7.56. The average Bonchev–Trinajstić information content (AvgIpc) is 2.41. The van der Waals surface area contributed by atoms with Gasteiger partial charge in [-0.1, -0.05) is 29.8 Å². The number of thioether (sulfide) groups is 1. The predicted octanol–water partition coefficient (Wildman–Crippen LogP) is 4.23. The highest BCUT2D eigenvalue weighted by Crippen LogP contribution is 2.25. The zero-order valence-electron chi connectivity index (χ0n) is 9.70. The Morgan fingerprint density at radius 3 is 2.33 bits per heavy atom. The van der Waals surface area contributed by atoms with Crippen LogP contribution in [-0.4, -0.2) is 0 Å². The molecule has 0 heterocycles. The minimum Gasteiger partial charge on any atom is -0.326 e. The van der Waals surface area contributed by atoms with Crippen LogP contribution in [0.1, 0.15) is 11.1 Å². The van der Waals surface area contributed by atoms with Crippen LogP contribution in [0.4, 0.5) is 4.39 Å². The summed E-state index contributed by atoms with van der Waals surface area (Å²) in [5, 5.41) is 0.163. The zero-order chi connectivity index (χ0) is 13.0. The topological polar surface area (TPSA) is 26.0 Å². The third kappa shape index (κ3) is 3.48. The minimum atomic E-state index is -0.367. The molecule has 18 heavy (non-hydrogen) atoms. The van der Waals surface area contributed by atoms with Crippen LogP contribution < -0.4 is 5.73 Å². The van der Waals surface area contributed by atoms with E-state index in [1.165, 1.54) is 6.07 Å². The number of rotatable bonds is 4. The fourth-order valence-corrected chi connectivity index (χ4v) is 2.48. The highest BCUT2D eigenvalue weighted by atomic mass is 35.5. The zero-order valence-corrected chi connectivity index (χ0v) is 11.3. The smallest absolute Gasteiger partial charge is 0.142 e. The molecular weight excluding hydrogens is 269 g/mol. The summed E-state index contributed by atoms with van der Waals surface area (Å²) in [6.07, 6.45) is 0. The Balaban J connectivity index is 1.99. The van der Waals surface area contributed by atoms with Crippen LogP contribution in [0.25, 0.3) is 0 Å². The molecule has 0 unspecified atom stereocenters. The second kappa shape index (κ2) is 6.23. The summed E-state index contributed by atoms with van der Waals surface area (Å²) in [4.78, 5) is 1.14. The van der Waals surface area contributed by atoms with Gasteiger partial charge in [0.05, 0.1) is 5.02 Å². The Morgan fingerprint density at radius 1 is 1.06 bits per heavy atom. The molecule has 0 fully saturated rings. The summed E-state index contributed by atoms with van der Waals surface area (Å²) in [6.45, 7) is 0.549. The van der Waals surface area contributed by atoms with Gasteiger partial charge >= 0.3 is 0 Å². The first-order valence-corrected chi connectivity index (χ1v) is 6.91. The van der Waals surface area contributed by atoms with E-state index in [0.717, 1.165) is 21.8 Å². The van der Waals surface area contributed by atoms with E-state index in [4.69, 9.17) is 17.3 Å². The summed E-state index contributed by atoms with van der Waals surface area (Å²) in [5.74, 6) is 0.351. The summed E-state index contributed by atoms with van der Waals surface area (Å²) >= 11 is 7.29. The van der Waals surface area contributed by atoms with Crippen molar-refractivity contribution in [3.8, 4) is 0 Å². The van der Waals surface area contributed by atoms with E-state index in [2.05, 4.69) is 0 Å². The normalized spacial score (nSPS) is 10.6. The fourth-order valence-electron chi connectivity index (χ4n) is 1.52. The van der Waals surface area contributed by atoms with Crippen molar-refractivity contribution < 1.29 is 4.39 Å². The SMILES string of the molecule is NCc1ccc(SCc2ccc(Cl)c(F)c2)cc1. The van der Waals surface area contributed by atoms with E-state index in [-0.39, 0.29) is 10.8 Å². The Labute approximate surface area is 115 Å². The molecular formula is C14H13ClFNS. The first kappa shape index (κ1) is 13.4. The van der Waals surface area contributed by atoms with Crippen molar-refractivity contribution in [1.82, 2.24) is 0 Å². The van der Waals surface area contributed by atoms with Crippen molar-refractivity contribution in [1.29, 1.82) is 0 Å². The molecule has 2 aromatic rings. The first-order valence-electron chi connectivity index (χ1n) is 5.55. The molecule has 0 radical (unpaired) electrons. The summed E-state index contributed by atoms with van der Waals surface area (Å²) in [6, 6.07) is 13.0. The van der Waals surface area contributed by atoms with Crippen LogP contribution in [0.2, 0.25) is 5.02 Å². The maximum absolute atomic E-state index is 13.2. The summed E-state index contributed by atoms with van der Waals surface area (Å²) in [7, 11) is 0. The molecule has 0 aliphatic rings. The van der Waals surface area contributed by atoms with Crippen molar-refractivity contribution in [3.63, 3.8) is 0 Å². The quantitative estimate of drug-likeness (QED) is 0.849. The summed E-state index contributed by atoms with van der Waals surface area (Å²) < 4.78 is 13.2. The van der Waals surface area contributed by atoms with Crippen LogP contribution in [0.15, 0.2) is 47.4 Å². The second-order valence-corrected chi connectivity index (χ2v) is 5.34. The minimum absolute atomic E-state index is 0.163. The van der Waals surface area contributed by atoms with Gasteiger partial charge in [-0.25, -0.2) is 4.39 Å². The van der Waals surface area contributed by atoms with Gasteiger partial charge in [-0.3, -0.25) is 0 Å². The van der Waals surface area contributed by atoms with Crippen LogP contribution in [0, 0.1) is 5.82 Å². The molecule has 2 N–H and O–H groups in total. The van der Waals surface area contributed by atoms with Gasteiger partial charge in [0.2, 0.25) is 0 Å². The average molecular weight is 282 g/mol. The molecule has 0 aromatic heterocycles. The molecule has 0 aliphatic carbocycles. The van der Waals surface area contributed by atoms with Gasteiger partial charge in [-0.05, 0) is 35.4 Å². The Bertz CT molecular complexity index is 528. The van der Waals surface area contributed by atoms with Crippen molar-refractivity contribution in [2.45, 2.75) is 17.2 Å². The van der Waals surface area contributed by atoms with Crippen molar-refractivity contribution in [3.05, 3.63) is 64.4 Å².